The normalized spacial score (nSPS) is 14.9. The third-order valence-corrected chi connectivity index (χ3v) is 3.87. The average molecular weight is 376 g/mol. The number of hydrazine groups is 1. The van der Waals surface area contributed by atoms with Crippen LogP contribution in [-0.2, 0) is 4.79 Å². The Morgan fingerprint density at radius 1 is 1.12 bits per heavy atom. The maximum atomic E-state index is 12.0. The van der Waals surface area contributed by atoms with Gasteiger partial charge >= 0.3 is 0 Å². The van der Waals surface area contributed by atoms with Gasteiger partial charge in [0.05, 0.1) is 0 Å². The number of nitrogens with zero attached hydrogens (tertiary/aromatic N) is 2. The molecule has 1 aromatic heterocycles. The van der Waals surface area contributed by atoms with E-state index in [2.05, 4.69) is 26.1 Å². The van der Waals surface area contributed by atoms with Gasteiger partial charge in [0, 0.05) is 33.6 Å². The summed E-state index contributed by atoms with van der Waals surface area (Å²) in [5, 5.41) is 3.29. The lowest BCUT2D eigenvalue weighted by Gasteiger charge is -2.06. The molecule has 0 bridgehead atoms. The molecule has 1 aliphatic rings. The van der Waals surface area contributed by atoms with Crippen LogP contribution in [0.3, 0.4) is 0 Å². The molecule has 3 rings (SSSR count). The Hall–Kier alpha value is -2.90. The number of carbonyl (C=O) groups excluding carboxylic acids is 2. The van der Waals surface area contributed by atoms with Gasteiger partial charge in [0.2, 0.25) is 5.96 Å². The monoisotopic (exact) mass is 375 g/mol. The molecule has 0 saturated heterocycles. The summed E-state index contributed by atoms with van der Waals surface area (Å²) < 4.78 is 0. The number of halogens is 2. The van der Waals surface area contributed by atoms with E-state index >= 15 is 0 Å². The smallest absolute Gasteiger partial charge is 0.276 e. The fourth-order valence-corrected chi connectivity index (χ4v) is 2.51. The Morgan fingerprint density at radius 3 is 2.48 bits per heavy atom. The molecular weight excluding hydrogens is 365 g/mol. The highest BCUT2D eigenvalue weighted by Gasteiger charge is 2.21. The summed E-state index contributed by atoms with van der Waals surface area (Å²) in [6.45, 7) is 0. The van der Waals surface area contributed by atoms with Gasteiger partial charge in [-0.25, -0.2) is 4.99 Å². The summed E-state index contributed by atoms with van der Waals surface area (Å²) in [5.41, 5.74) is 5.98. The van der Waals surface area contributed by atoms with E-state index in [1.165, 1.54) is 18.5 Å². The number of benzene rings is 1. The molecule has 7 nitrogen and oxygen atoms in total. The van der Waals surface area contributed by atoms with E-state index in [0.29, 0.717) is 21.2 Å². The predicted octanol–water partition coefficient (Wildman–Crippen LogP) is 2.15. The molecule has 2 aromatic rings. The lowest BCUT2D eigenvalue weighted by molar-refractivity contribution is -0.115. The molecule has 2 amide bonds. The highest BCUT2D eigenvalue weighted by molar-refractivity contribution is 6.37. The summed E-state index contributed by atoms with van der Waals surface area (Å²) in [5.74, 6) is -0.760. The van der Waals surface area contributed by atoms with E-state index in [4.69, 9.17) is 23.2 Å². The number of guanidine groups is 1. The molecule has 0 saturated carbocycles. The van der Waals surface area contributed by atoms with Gasteiger partial charge in [-0.15, -0.1) is 0 Å². The lowest BCUT2D eigenvalue weighted by Crippen LogP contribution is -2.47. The SMILES string of the molecule is O=C1NC(NNC(=O)c2ccncc2)=N/C1=C\c1c(Cl)cccc1Cl. The van der Waals surface area contributed by atoms with Crippen LogP contribution in [0.2, 0.25) is 10.0 Å². The molecule has 25 heavy (non-hydrogen) atoms. The van der Waals surface area contributed by atoms with E-state index in [0.717, 1.165) is 0 Å². The van der Waals surface area contributed by atoms with E-state index in [9.17, 15) is 9.59 Å². The van der Waals surface area contributed by atoms with Crippen molar-refractivity contribution >= 4 is 47.1 Å². The van der Waals surface area contributed by atoms with Crippen LogP contribution in [0.1, 0.15) is 15.9 Å². The number of aromatic nitrogens is 1. The van der Waals surface area contributed by atoms with Crippen molar-refractivity contribution in [2.75, 3.05) is 0 Å². The van der Waals surface area contributed by atoms with Crippen LogP contribution in [0, 0.1) is 0 Å². The van der Waals surface area contributed by atoms with Gasteiger partial charge in [-0.1, -0.05) is 29.3 Å². The van der Waals surface area contributed by atoms with E-state index in [1.807, 2.05) is 0 Å². The van der Waals surface area contributed by atoms with E-state index < -0.39 is 11.8 Å². The Bertz CT molecular complexity index is 876. The van der Waals surface area contributed by atoms with Crippen LogP contribution >= 0.6 is 23.2 Å². The molecule has 126 valence electrons. The molecule has 0 aliphatic carbocycles. The minimum absolute atomic E-state index is 0.0850. The first-order valence-electron chi connectivity index (χ1n) is 7.07. The second kappa shape index (κ2) is 7.33. The second-order valence-electron chi connectivity index (χ2n) is 4.89. The molecule has 9 heteroatoms. The first-order valence-corrected chi connectivity index (χ1v) is 7.82. The highest BCUT2D eigenvalue weighted by atomic mass is 35.5. The predicted molar refractivity (Wildman–Crippen MR) is 94.9 cm³/mol. The Morgan fingerprint density at radius 2 is 1.80 bits per heavy atom. The summed E-state index contributed by atoms with van der Waals surface area (Å²) in [6.07, 6.45) is 4.47. The van der Waals surface area contributed by atoms with Crippen molar-refractivity contribution in [2.45, 2.75) is 0 Å². The molecule has 2 heterocycles. The highest BCUT2D eigenvalue weighted by Crippen LogP contribution is 2.27. The summed E-state index contributed by atoms with van der Waals surface area (Å²) >= 11 is 12.2. The van der Waals surface area contributed by atoms with Crippen LogP contribution in [-0.4, -0.2) is 22.8 Å². The van der Waals surface area contributed by atoms with Crippen molar-refractivity contribution in [3.05, 3.63) is 69.6 Å². The number of aliphatic imine (C=N–C) groups is 1. The Labute approximate surface area is 152 Å². The van der Waals surface area contributed by atoms with Crippen molar-refractivity contribution in [3.8, 4) is 0 Å². The zero-order chi connectivity index (χ0) is 17.8. The van der Waals surface area contributed by atoms with Gasteiger partial charge in [-0.3, -0.25) is 30.7 Å². The van der Waals surface area contributed by atoms with Gasteiger partial charge in [0.15, 0.2) is 0 Å². The minimum Gasteiger partial charge on any atom is -0.290 e. The second-order valence-corrected chi connectivity index (χ2v) is 5.71. The van der Waals surface area contributed by atoms with E-state index in [-0.39, 0.29) is 11.7 Å². The van der Waals surface area contributed by atoms with Crippen molar-refractivity contribution < 1.29 is 9.59 Å². The summed E-state index contributed by atoms with van der Waals surface area (Å²) in [7, 11) is 0. The molecule has 1 aliphatic heterocycles. The molecule has 1 aromatic carbocycles. The van der Waals surface area contributed by atoms with Crippen molar-refractivity contribution in [1.82, 2.24) is 21.2 Å². The first-order chi connectivity index (χ1) is 12.0. The lowest BCUT2D eigenvalue weighted by atomic mass is 10.2. The topological polar surface area (TPSA) is 95.5 Å². The number of hydrogen-bond donors (Lipinski definition) is 3. The molecule has 0 unspecified atom stereocenters. The standard InChI is InChI=1S/C16H11Cl2N5O2/c17-11-2-1-3-12(18)10(11)8-13-15(25)21-16(20-13)23-22-14(24)9-4-6-19-7-5-9/h1-8H,(H,22,24)(H2,20,21,23,25)/b13-8-. The largest absolute Gasteiger partial charge is 0.290 e. The summed E-state index contributed by atoms with van der Waals surface area (Å²) in [4.78, 5) is 31.8. The molecule has 0 atom stereocenters. The minimum atomic E-state index is -0.448. The third kappa shape index (κ3) is 3.96. The van der Waals surface area contributed by atoms with Gasteiger partial charge in [0.25, 0.3) is 11.8 Å². The zero-order valence-corrected chi connectivity index (χ0v) is 14.1. The van der Waals surface area contributed by atoms with Crippen LogP contribution in [0.15, 0.2) is 53.4 Å². The van der Waals surface area contributed by atoms with Crippen molar-refractivity contribution in [2.24, 2.45) is 4.99 Å². The number of rotatable bonds is 2. The van der Waals surface area contributed by atoms with Crippen molar-refractivity contribution in [1.29, 1.82) is 0 Å². The van der Waals surface area contributed by atoms with Crippen LogP contribution in [0.25, 0.3) is 6.08 Å². The fraction of sp³-hybridized carbons (Fsp3) is 0. The number of amides is 2. The number of hydrogen-bond acceptors (Lipinski definition) is 5. The zero-order valence-electron chi connectivity index (χ0n) is 12.6. The van der Waals surface area contributed by atoms with Crippen LogP contribution in [0.4, 0.5) is 0 Å². The Balaban J connectivity index is 1.72. The third-order valence-electron chi connectivity index (χ3n) is 3.21. The molecule has 3 N–H and O–H groups in total. The average Bonchev–Trinajstić information content (AvgIpc) is 2.96. The van der Waals surface area contributed by atoms with Crippen molar-refractivity contribution in [3.63, 3.8) is 0 Å². The quantitative estimate of drug-likeness (QED) is 0.553. The maximum Gasteiger partial charge on any atom is 0.276 e. The van der Waals surface area contributed by atoms with Gasteiger partial charge in [-0.2, -0.15) is 0 Å². The number of carbonyl (C=O) groups is 2. The number of nitrogens with one attached hydrogen (secondary N) is 3. The fourth-order valence-electron chi connectivity index (χ4n) is 2.00. The van der Waals surface area contributed by atoms with Crippen LogP contribution < -0.4 is 16.2 Å². The number of pyridine rings is 1. The molecular formula is C16H11Cl2N5O2. The van der Waals surface area contributed by atoms with Gasteiger partial charge in [0.1, 0.15) is 5.70 Å². The van der Waals surface area contributed by atoms with E-state index in [1.54, 1.807) is 30.3 Å². The molecule has 0 spiro atoms. The molecule has 0 radical (unpaired) electrons. The van der Waals surface area contributed by atoms with Gasteiger partial charge in [-0.05, 0) is 30.3 Å². The van der Waals surface area contributed by atoms with Crippen LogP contribution in [0.5, 0.6) is 0 Å². The molecule has 0 fully saturated rings. The summed E-state index contributed by atoms with van der Waals surface area (Å²) in [6, 6.07) is 8.12. The van der Waals surface area contributed by atoms with Gasteiger partial charge < -0.3 is 0 Å². The maximum absolute atomic E-state index is 12.0. The first kappa shape index (κ1) is 16.9. The Kier molecular flexibility index (Phi) is 4.97.